The van der Waals surface area contributed by atoms with Gasteiger partial charge in [-0.1, -0.05) is 42.5 Å². The molecule has 3 aromatic rings. The Morgan fingerprint density at radius 2 is 1.85 bits per heavy atom. The molecule has 2 aromatic carbocycles. The molecule has 7 heteroatoms. The number of ether oxygens (including phenoxy) is 1. The first-order chi connectivity index (χ1) is 13.1. The third kappa shape index (κ3) is 4.37. The molecule has 1 N–H and O–H groups in total. The number of aromatic nitrogens is 1. The van der Waals surface area contributed by atoms with Crippen molar-refractivity contribution >= 4 is 28.9 Å². The first-order valence-electron chi connectivity index (χ1n) is 8.07. The molecular weight excluding hydrogens is 362 g/mol. The molecule has 0 aliphatic carbocycles. The average molecular weight is 377 g/mol. The standard InChI is InChI=1S/C20H15N3O3S/c1-13-22-18(14-7-3-2-4-8-14)19(27-13)20(25)26-12-17(24)23-16-10-6-5-9-15(16)11-21/h2-10H,12H2,1H3,(H,23,24). The molecule has 0 saturated carbocycles. The van der Waals surface area contributed by atoms with E-state index in [0.29, 0.717) is 21.8 Å². The Labute approximate surface area is 160 Å². The van der Waals surface area contributed by atoms with E-state index in [9.17, 15) is 9.59 Å². The molecule has 1 heterocycles. The molecule has 6 nitrogen and oxygen atoms in total. The largest absolute Gasteiger partial charge is 0.451 e. The van der Waals surface area contributed by atoms with E-state index in [1.165, 1.54) is 11.3 Å². The number of amides is 1. The van der Waals surface area contributed by atoms with Crippen molar-refractivity contribution < 1.29 is 14.3 Å². The molecule has 0 radical (unpaired) electrons. The lowest BCUT2D eigenvalue weighted by Crippen LogP contribution is -2.21. The molecule has 0 unspecified atom stereocenters. The van der Waals surface area contributed by atoms with Crippen LogP contribution in [-0.2, 0) is 9.53 Å². The smallest absolute Gasteiger partial charge is 0.351 e. The van der Waals surface area contributed by atoms with E-state index in [4.69, 9.17) is 10.00 Å². The number of para-hydroxylation sites is 1. The lowest BCUT2D eigenvalue weighted by Gasteiger charge is -2.08. The molecule has 0 spiro atoms. The lowest BCUT2D eigenvalue weighted by atomic mass is 10.1. The van der Waals surface area contributed by atoms with E-state index in [2.05, 4.69) is 10.3 Å². The second kappa shape index (κ2) is 8.25. The van der Waals surface area contributed by atoms with Crippen LogP contribution in [0.2, 0.25) is 0 Å². The number of thiazole rings is 1. The van der Waals surface area contributed by atoms with Crippen molar-refractivity contribution in [2.24, 2.45) is 0 Å². The third-order valence-corrected chi connectivity index (χ3v) is 4.57. The monoisotopic (exact) mass is 377 g/mol. The summed E-state index contributed by atoms with van der Waals surface area (Å²) in [6, 6.07) is 17.9. The normalized spacial score (nSPS) is 10.1. The highest BCUT2D eigenvalue weighted by molar-refractivity contribution is 7.14. The fourth-order valence-corrected chi connectivity index (χ4v) is 3.26. The minimum absolute atomic E-state index is 0.335. The molecule has 134 valence electrons. The van der Waals surface area contributed by atoms with Gasteiger partial charge in [0.05, 0.1) is 22.0 Å². The van der Waals surface area contributed by atoms with Crippen LogP contribution in [0, 0.1) is 18.3 Å². The van der Waals surface area contributed by atoms with Crippen LogP contribution >= 0.6 is 11.3 Å². The zero-order valence-electron chi connectivity index (χ0n) is 14.4. The number of nitrogens with one attached hydrogen (secondary N) is 1. The van der Waals surface area contributed by atoms with Gasteiger partial charge in [0.2, 0.25) is 0 Å². The van der Waals surface area contributed by atoms with Gasteiger partial charge in [-0.25, -0.2) is 9.78 Å². The predicted octanol–water partition coefficient (Wildman–Crippen LogP) is 3.79. The van der Waals surface area contributed by atoms with Gasteiger partial charge in [-0.3, -0.25) is 4.79 Å². The summed E-state index contributed by atoms with van der Waals surface area (Å²) in [5, 5.41) is 12.3. The minimum atomic E-state index is -0.608. The maximum atomic E-state index is 12.4. The summed E-state index contributed by atoms with van der Waals surface area (Å²) >= 11 is 1.22. The first-order valence-corrected chi connectivity index (χ1v) is 8.89. The Kier molecular flexibility index (Phi) is 5.59. The molecule has 0 saturated heterocycles. The molecular formula is C20H15N3O3S. The highest BCUT2D eigenvalue weighted by Gasteiger charge is 2.20. The average Bonchev–Trinajstić information content (AvgIpc) is 3.09. The molecule has 27 heavy (non-hydrogen) atoms. The summed E-state index contributed by atoms with van der Waals surface area (Å²) in [4.78, 5) is 29.3. The van der Waals surface area contributed by atoms with Crippen LogP contribution in [-0.4, -0.2) is 23.5 Å². The number of aryl methyl sites for hydroxylation is 1. The number of nitriles is 1. The molecule has 1 amide bonds. The van der Waals surface area contributed by atoms with Crippen LogP contribution in [0.1, 0.15) is 20.2 Å². The first kappa shape index (κ1) is 18.3. The van der Waals surface area contributed by atoms with Crippen molar-refractivity contribution in [1.82, 2.24) is 4.98 Å². The number of carbonyl (C=O) groups excluding carboxylic acids is 2. The summed E-state index contributed by atoms with van der Waals surface area (Å²) in [5.74, 6) is -1.13. The van der Waals surface area contributed by atoms with Gasteiger partial charge in [0.15, 0.2) is 6.61 Å². The van der Waals surface area contributed by atoms with Gasteiger partial charge >= 0.3 is 5.97 Å². The van der Waals surface area contributed by atoms with Crippen LogP contribution < -0.4 is 5.32 Å². The Hall–Kier alpha value is -3.50. The van der Waals surface area contributed by atoms with E-state index in [0.717, 1.165) is 10.6 Å². The predicted molar refractivity (Wildman–Crippen MR) is 102 cm³/mol. The summed E-state index contributed by atoms with van der Waals surface area (Å²) in [6.07, 6.45) is 0. The molecule has 0 aliphatic heterocycles. The summed E-state index contributed by atoms with van der Waals surface area (Å²) in [7, 11) is 0. The molecule has 0 bridgehead atoms. The molecule has 0 atom stereocenters. The lowest BCUT2D eigenvalue weighted by molar-refractivity contribution is -0.119. The summed E-state index contributed by atoms with van der Waals surface area (Å²) in [6.45, 7) is 1.35. The number of anilines is 1. The van der Waals surface area contributed by atoms with Gasteiger partial charge in [-0.05, 0) is 19.1 Å². The second-order valence-electron chi connectivity index (χ2n) is 5.56. The highest BCUT2D eigenvalue weighted by atomic mass is 32.1. The Bertz CT molecular complexity index is 1020. The second-order valence-corrected chi connectivity index (χ2v) is 6.76. The minimum Gasteiger partial charge on any atom is -0.451 e. The van der Waals surface area contributed by atoms with Gasteiger partial charge in [0, 0.05) is 5.56 Å². The Balaban J connectivity index is 1.68. The van der Waals surface area contributed by atoms with Crippen LogP contribution in [0.15, 0.2) is 54.6 Å². The van der Waals surface area contributed by atoms with Crippen LogP contribution in [0.3, 0.4) is 0 Å². The van der Waals surface area contributed by atoms with Crippen molar-refractivity contribution in [3.8, 4) is 17.3 Å². The fraction of sp³-hybridized carbons (Fsp3) is 0.100. The van der Waals surface area contributed by atoms with Crippen molar-refractivity contribution in [2.45, 2.75) is 6.92 Å². The number of carbonyl (C=O) groups is 2. The number of rotatable bonds is 5. The number of benzene rings is 2. The molecule has 3 rings (SSSR count). The Morgan fingerprint density at radius 1 is 1.15 bits per heavy atom. The van der Waals surface area contributed by atoms with E-state index >= 15 is 0 Å². The van der Waals surface area contributed by atoms with Crippen LogP contribution in [0.5, 0.6) is 0 Å². The van der Waals surface area contributed by atoms with Crippen molar-refractivity contribution in [1.29, 1.82) is 5.26 Å². The van der Waals surface area contributed by atoms with Gasteiger partial charge in [0.25, 0.3) is 5.91 Å². The fourth-order valence-electron chi connectivity index (χ4n) is 2.43. The Morgan fingerprint density at radius 3 is 2.59 bits per heavy atom. The number of nitrogens with zero attached hydrogens (tertiary/aromatic N) is 2. The van der Waals surface area contributed by atoms with Gasteiger partial charge < -0.3 is 10.1 Å². The molecule has 0 fully saturated rings. The van der Waals surface area contributed by atoms with Crippen LogP contribution in [0.25, 0.3) is 11.3 Å². The summed E-state index contributed by atoms with van der Waals surface area (Å²) < 4.78 is 5.15. The molecule has 1 aromatic heterocycles. The van der Waals surface area contributed by atoms with Gasteiger partial charge in [-0.15, -0.1) is 11.3 Å². The zero-order valence-corrected chi connectivity index (χ0v) is 15.2. The summed E-state index contributed by atoms with van der Waals surface area (Å²) in [5.41, 5.74) is 2.06. The number of esters is 1. The van der Waals surface area contributed by atoms with Crippen LogP contribution in [0.4, 0.5) is 5.69 Å². The highest BCUT2D eigenvalue weighted by Crippen LogP contribution is 2.28. The number of hydrogen-bond donors (Lipinski definition) is 1. The van der Waals surface area contributed by atoms with Gasteiger partial charge in [-0.2, -0.15) is 5.26 Å². The maximum absolute atomic E-state index is 12.4. The van der Waals surface area contributed by atoms with Gasteiger partial charge in [0.1, 0.15) is 10.9 Å². The quantitative estimate of drug-likeness (QED) is 0.683. The third-order valence-electron chi connectivity index (χ3n) is 3.62. The van der Waals surface area contributed by atoms with Crippen molar-refractivity contribution in [3.63, 3.8) is 0 Å². The molecule has 0 aliphatic rings. The van der Waals surface area contributed by atoms with E-state index in [1.807, 2.05) is 36.4 Å². The SMILES string of the molecule is Cc1nc(-c2ccccc2)c(C(=O)OCC(=O)Nc2ccccc2C#N)s1. The van der Waals surface area contributed by atoms with E-state index in [1.54, 1.807) is 31.2 Å². The van der Waals surface area contributed by atoms with E-state index in [-0.39, 0.29) is 0 Å². The zero-order chi connectivity index (χ0) is 19.2. The topological polar surface area (TPSA) is 92.1 Å². The maximum Gasteiger partial charge on any atom is 0.351 e. The number of hydrogen-bond acceptors (Lipinski definition) is 6. The van der Waals surface area contributed by atoms with E-state index < -0.39 is 18.5 Å². The van der Waals surface area contributed by atoms with Crippen molar-refractivity contribution in [2.75, 3.05) is 11.9 Å². The van der Waals surface area contributed by atoms with Crippen molar-refractivity contribution in [3.05, 3.63) is 70.0 Å².